The van der Waals surface area contributed by atoms with Gasteiger partial charge in [-0.3, -0.25) is 4.79 Å². The fourth-order valence-electron chi connectivity index (χ4n) is 2.02. The zero-order valence-corrected chi connectivity index (χ0v) is 12.5. The molecule has 1 fully saturated rings. The average molecular weight is 261 g/mol. The molecular formula is C16H23NO2. The van der Waals surface area contributed by atoms with Crippen LogP contribution in [0, 0.1) is 0 Å². The Morgan fingerprint density at radius 1 is 1.26 bits per heavy atom. The highest BCUT2D eigenvalue weighted by Crippen LogP contribution is 2.33. The maximum atomic E-state index is 12.2. The highest BCUT2D eigenvalue weighted by atomic mass is 16.5. The second kappa shape index (κ2) is 4.87. The average Bonchev–Trinajstić information content (AvgIpc) is 3.10. The summed E-state index contributed by atoms with van der Waals surface area (Å²) in [5.41, 5.74) is 1.73. The van der Waals surface area contributed by atoms with E-state index in [4.69, 9.17) is 4.74 Å². The van der Waals surface area contributed by atoms with Crippen molar-refractivity contribution in [3.63, 3.8) is 0 Å². The first kappa shape index (κ1) is 13.9. The Kier molecular flexibility index (Phi) is 3.57. The molecule has 0 spiro atoms. The smallest absolute Gasteiger partial charge is 0.253 e. The molecular weight excluding hydrogens is 238 g/mol. The Morgan fingerprint density at radius 3 is 2.37 bits per heavy atom. The minimum atomic E-state index is -0.0794. The van der Waals surface area contributed by atoms with Gasteiger partial charge in [0.1, 0.15) is 5.75 Å². The number of ether oxygens (including phenoxy) is 1. The summed E-state index contributed by atoms with van der Waals surface area (Å²) in [6, 6.07) is 5.82. The third-order valence-corrected chi connectivity index (χ3v) is 3.26. The zero-order chi connectivity index (χ0) is 14.2. The van der Waals surface area contributed by atoms with E-state index in [1.165, 1.54) is 0 Å². The Bertz CT molecular complexity index is 482. The van der Waals surface area contributed by atoms with Crippen molar-refractivity contribution in [2.45, 2.75) is 45.1 Å². The first-order valence-electron chi connectivity index (χ1n) is 6.82. The molecule has 1 aromatic rings. The van der Waals surface area contributed by atoms with Gasteiger partial charge in [0.25, 0.3) is 5.91 Å². The van der Waals surface area contributed by atoms with Gasteiger partial charge in [-0.2, -0.15) is 0 Å². The minimum absolute atomic E-state index is 0.0443. The molecule has 1 saturated carbocycles. The third kappa shape index (κ3) is 3.28. The molecule has 0 unspecified atom stereocenters. The van der Waals surface area contributed by atoms with Gasteiger partial charge in [-0.05, 0) is 42.0 Å². The summed E-state index contributed by atoms with van der Waals surface area (Å²) in [6.45, 7) is 6.36. The van der Waals surface area contributed by atoms with Crippen molar-refractivity contribution in [1.82, 2.24) is 4.90 Å². The van der Waals surface area contributed by atoms with Gasteiger partial charge in [0.05, 0.1) is 6.10 Å². The van der Waals surface area contributed by atoms with Crippen LogP contribution in [0.4, 0.5) is 0 Å². The van der Waals surface area contributed by atoms with Gasteiger partial charge in [0, 0.05) is 19.7 Å². The normalized spacial score (nSPS) is 15.2. The Labute approximate surface area is 115 Å². The first-order chi connectivity index (χ1) is 8.79. The number of benzene rings is 1. The van der Waals surface area contributed by atoms with Crippen molar-refractivity contribution < 1.29 is 9.53 Å². The number of carbonyl (C=O) groups is 1. The third-order valence-electron chi connectivity index (χ3n) is 3.26. The minimum Gasteiger partial charge on any atom is -0.490 e. The van der Waals surface area contributed by atoms with Gasteiger partial charge < -0.3 is 9.64 Å². The Balaban J connectivity index is 2.39. The van der Waals surface area contributed by atoms with Crippen LogP contribution < -0.4 is 4.74 Å². The van der Waals surface area contributed by atoms with E-state index in [0.29, 0.717) is 6.10 Å². The standard InChI is InChI=1S/C16H23NO2/c1-16(2,3)14-10-12(19-11-6-7-11)8-9-13(14)15(18)17(4)5/h8-11H,6-7H2,1-5H3. The van der Waals surface area contributed by atoms with Crippen LogP contribution in [-0.4, -0.2) is 31.0 Å². The van der Waals surface area contributed by atoms with E-state index in [2.05, 4.69) is 20.8 Å². The quantitative estimate of drug-likeness (QED) is 0.836. The van der Waals surface area contributed by atoms with Gasteiger partial charge >= 0.3 is 0 Å². The van der Waals surface area contributed by atoms with Crippen LogP contribution in [0.15, 0.2) is 18.2 Å². The summed E-state index contributed by atoms with van der Waals surface area (Å²) in [7, 11) is 3.56. The molecule has 3 nitrogen and oxygen atoms in total. The molecule has 0 aliphatic heterocycles. The summed E-state index contributed by atoms with van der Waals surface area (Å²) in [6.07, 6.45) is 2.66. The molecule has 1 aliphatic carbocycles. The lowest BCUT2D eigenvalue weighted by atomic mass is 9.83. The lowest BCUT2D eigenvalue weighted by Gasteiger charge is -2.24. The van der Waals surface area contributed by atoms with E-state index >= 15 is 0 Å². The molecule has 0 heterocycles. The van der Waals surface area contributed by atoms with Crippen molar-refractivity contribution >= 4 is 5.91 Å². The number of nitrogens with zero attached hydrogens (tertiary/aromatic N) is 1. The van der Waals surface area contributed by atoms with Crippen LogP contribution in [-0.2, 0) is 5.41 Å². The van der Waals surface area contributed by atoms with Crippen molar-refractivity contribution in [3.8, 4) is 5.75 Å². The van der Waals surface area contributed by atoms with E-state index in [0.717, 1.165) is 29.7 Å². The first-order valence-corrected chi connectivity index (χ1v) is 6.82. The van der Waals surface area contributed by atoms with Crippen LogP contribution in [0.25, 0.3) is 0 Å². The molecule has 1 aromatic carbocycles. The fourth-order valence-corrected chi connectivity index (χ4v) is 2.02. The van der Waals surface area contributed by atoms with E-state index in [9.17, 15) is 4.79 Å². The predicted molar refractivity (Wildman–Crippen MR) is 76.8 cm³/mol. The molecule has 2 rings (SSSR count). The van der Waals surface area contributed by atoms with Crippen molar-refractivity contribution in [3.05, 3.63) is 29.3 Å². The molecule has 0 atom stereocenters. The monoisotopic (exact) mass is 261 g/mol. The van der Waals surface area contributed by atoms with Crippen molar-refractivity contribution in [1.29, 1.82) is 0 Å². The van der Waals surface area contributed by atoms with Crippen LogP contribution in [0.3, 0.4) is 0 Å². The van der Waals surface area contributed by atoms with Crippen LogP contribution in [0.1, 0.15) is 49.5 Å². The Morgan fingerprint density at radius 2 is 1.89 bits per heavy atom. The number of rotatable bonds is 3. The lowest BCUT2D eigenvalue weighted by Crippen LogP contribution is -2.26. The number of carbonyl (C=O) groups excluding carboxylic acids is 1. The summed E-state index contributed by atoms with van der Waals surface area (Å²) < 4.78 is 5.83. The van der Waals surface area contributed by atoms with Gasteiger partial charge in [-0.1, -0.05) is 20.8 Å². The summed E-state index contributed by atoms with van der Waals surface area (Å²) in [5, 5.41) is 0. The number of amides is 1. The summed E-state index contributed by atoms with van der Waals surface area (Å²) in [4.78, 5) is 13.9. The molecule has 0 saturated heterocycles. The highest BCUT2D eigenvalue weighted by Gasteiger charge is 2.26. The van der Waals surface area contributed by atoms with Crippen LogP contribution >= 0.6 is 0 Å². The van der Waals surface area contributed by atoms with E-state index < -0.39 is 0 Å². The van der Waals surface area contributed by atoms with Crippen LogP contribution in [0.2, 0.25) is 0 Å². The van der Waals surface area contributed by atoms with Crippen molar-refractivity contribution in [2.24, 2.45) is 0 Å². The summed E-state index contributed by atoms with van der Waals surface area (Å²) in [5.74, 6) is 0.922. The molecule has 104 valence electrons. The van der Waals surface area contributed by atoms with Gasteiger partial charge in [0.15, 0.2) is 0 Å². The SMILES string of the molecule is CN(C)C(=O)c1ccc(OC2CC2)cc1C(C)(C)C. The number of hydrogen-bond acceptors (Lipinski definition) is 2. The molecule has 0 bridgehead atoms. The van der Waals surface area contributed by atoms with Gasteiger partial charge in [0.2, 0.25) is 0 Å². The lowest BCUT2D eigenvalue weighted by molar-refractivity contribution is 0.0825. The topological polar surface area (TPSA) is 29.5 Å². The predicted octanol–water partition coefficient (Wildman–Crippen LogP) is 3.23. The second-order valence-corrected chi connectivity index (χ2v) is 6.47. The highest BCUT2D eigenvalue weighted by molar-refractivity contribution is 5.96. The van der Waals surface area contributed by atoms with Gasteiger partial charge in [-0.25, -0.2) is 0 Å². The fraction of sp³-hybridized carbons (Fsp3) is 0.562. The zero-order valence-electron chi connectivity index (χ0n) is 12.5. The summed E-state index contributed by atoms with van der Waals surface area (Å²) >= 11 is 0. The van der Waals surface area contributed by atoms with Crippen molar-refractivity contribution in [2.75, 3.05) is 14.1 Å². The van der Waals surface area contributed by atoms with E-state index in [1.807, 2.05) is 18.2 Å². The molecule has 0 aromatic heterocycles. The molecule has 1 aliphatic rings. The van der Waals surface area contributed by atoms with E-state index in [-0.39, 0.29) is 11.3 Å². The molecule has 0 radical (unpaired) electrons. The maximum Gasteiger partial charge on any atom is 0.253 e. The van der Waals surface area contributed by atoms with E-state index in [1.54, 1.807) is 19.0 Å². The molecule has 19 heavy (non-hydrogen) atoms. The van der Waals surface area contributed by atoms with Gasteiger partial charge in [-0.15, -0.1) is 0 Å². The largest absolute Gasteiger partial charge is 0.490 e. The second-order valence-electron chi connectivity index (χ2n) is 6.47. The molecule has 3 heteroatoms. The molecule has 0 N–H and O–H groups in total. The Hall–Kier alpha value is -1.51. The maximum absolute atomic E-state index is 12.2. The number of hydrogen-bond donors (Lipinski definition) is 0. The van der Waals surface area contributed by atoms with Crippen LogP contribution in [0.5, 0.6) is 5.75 Å². The molecule has 1 amide bonds.